The first-order valence-corrected chi connectivity index (χ1v) is 17.1. The van der Waals surface area contributed by atoms with E-state index in [4.69, 9.17) is 4.74 Å². The minimum atomic E-state index is -3.92. The summed E-state index contributed by atoms with van der Waals surface area (Å²) >= 11 is 0. The van der Waals surface area contributed by atoms with Crippen LogP contribution in [-0.2, 0) is 39.2 Å². The predicted octanol–water partition coefficient (Wildman–Crippen LogP) is 5.73. The topological polar surface area (TPSA) is 96.0 Å². The molecule has 2 amide bonds. The molecule has 0 spiro atoms. The Bertz CT molecular complexity index is 1650. The fourth-order valence-corrected chi connectivity index (χ4v) is 5.76. The summed E-state index contributed by atoms with van der Waals surface area (Å²) in [6.07, 6.45) is 2.88. The van der Waals surface area contributed by atoms with Gasteiger partial charge in [-0.3, -0.25) is 13.9 Å². The van der Waals surface area contributed by atoms with Crippen LogP contribution >= 0.6 is 0 Å². The van der Waals surface area contributed by atoms with Gasteiger partial charge in [-0.15, -0.1) is 0 Å². The molecule has 4 aromatic rings. The van der Waals surface area contributed by atoms with Gasteiger partial charge < -0.3 is 15.0 Å². The fourth-order valence-electron chi connectivity index (χ4n) is 4.91. The normalized spacial score (nSPS) is 11.8. The quantitative estimate of drug-likeness (QED) is 0.157. The molecule has 1 unspecified atom stereocenters. The number of unbranched alkanes of at least 4 members (excludes halogenated alkanes) is 1. The van der Waals surface area contributed by atoms with Gasteiger partial charge in [0, 0.05) is 19.5 Å². The Hall–Kier alpha value is -4.70. The average molecular weight is 646 g/mol. The second-order valence-electron chi connectivity index (χ2n) is 11.0. The van der Waals surface area contributed by atoms with Gasteiger partial charge in [0.25, 0.3) is 0 Å². The van der Waals surface area contributed by atoms with E-state index >= 15 is 0 Å². The maximum atomic E-state index is 14.2. The van der Waals surface area contributed by atoms with Crippen LogP contribution in [0.5, 0.6) is 5.75 Å². The van der Waals surface area contributed by atoms with Gasteiger partial charge in [-0.25, -0.2) is 12.8 Å². The average Bonchev–Trinajstić information content (AvgIpc) is 3.06. The van der Waals surface area contributed by atoms with Crippen molar-refractivity contribution in [2.45, 2.75) is 45.4 Å². The van der Waals surface area contributed by atoms with Crippen LogP contribution < -0.4 is 14.4 Å². The monoisotopic (exact) mass is 645 g/mol. The fraction of sp³-hybridized carbons (Fsp3) is 0.278. The summed E-state index contributed by atoms with van der Waals surface area (Å²) in [5.41, 5.74) is 2.69. The van der Waals surface area contributed by atoms with E-state index in [1.165, 1.54) is 17.0 Å². The molecule has 0 radical (unpaired) electrons. The zero-order valence-electron chi connectivity index (χ0n) is 26.1. The largest absolute Gasteiger partial charge is 0.489 e. The highest BCUT2D eigenvalue weighted by Crippen LogP contribution is 2.24. The molecule has 0 bridgehead atoms. The van der Waals surface area contributed by atoms with Crippen molar-refractivity contribution in [3.8, 4) is 5.75 Å². The van der Waals surface area contributed by atoms with Gasteiger partial charge in [-0.05, 0) is 59.5 Å². The number of nitrogens with zero attached hydrogens (tertiary/aromatic N) is 2. The summed E-state index contributed by atoms with van der Waals surface area (Å²) < 4.78 is 46.7. The summed E-state index contributed by atoms with van der Waals surface area (Å²) in [6, 6.07) is 30.1. The standard InChI is InChI=1S/C36H40FN3O5S/c1-3-4-23-38-36(42)34(24-28-11-7-5-8-12-28)39(25-29-15-17-31(37)18-16-29)35(41)26-40(46(2,43)44)32-19-21-33(22-20-32)45-27-30-13-9-6-10-14-30/h5-22,34H,3-4,23-27H2,1-2H3,(H,38,42). The second-order valence-corrected chi connectivity index (χ2v) is 12.9. The van der Waals surface area contributed by atoms with E-state index in [2.05, 4.69) is 5.32 Å². The lowest BCUT2D eigenvalue weighted by Gasteiger charge is -2.33. The Kier molecular flexibility index (Phi) is 12.3. The number of amides is 2. The van der Waals surface area contributed by atoms with Crippen molar-refractivity contribution in [2.75, 3.05) is 23.7 Å². The van der Waals surface area contributed by atoms with Gasteiger partial charge in [-0.2, -0.15) is 0 Å². The SMILES string of the molecule is CCCCNC(=O)C(Cc1ccccc1)N(Cc1ccc(F)cc1)C(=O)CN(c1ccc(OCc2ccccc2)cc1)S(C)(=O)=O. The first-order valence-electron chi connectivity index (χ1n) is 15.2. The van der Waals surface area contributed by atoms with E-state index < -0.39 is 34.3 Å². The van der Waals surface area contributed by atoms with Crippen molar-refractivity contribution in [2.24, 2.45) is 0 Å². The number of ether oxygens (including phenoxy) is 1. The maximum absolute atomic E-state index is 14.2. The maximum Gasteiger partial charge on any atom is 0.244 e. The van der Waals surface area contributed by atoms with E-state index in [9.17, 15) is 22.4 Å². The molecule has 0 aliphatic heterocycles. The van der Waals surface area contributed by atoms with Crippen LogP contribution in [0.25, 0.3) is 0 Å². The van der Waals surface area contributed by atoms with Crippen molar-refractivity contribution >= 4 is 27.5 Å². The number of hydrogen-bond donors (Lipinski definition) is 1. The number of carbonyl (C=O) groups is 2. The third-order valence-corrected chi connectivity index (χ3v) is 8.56. The molecule has 0 aliphatic rings. The zero-order chi connectivity index (χ0) is 32.9. The minimum Gasteiger partial charge on any atom is -0.489 e. The molecule has 10 heteroatoms. The number of anilines is 1. The number of sulfonamides is 1. The molecular weight excluding hydrogens is 605 g/mol. The van der Waals surface area contributed by atoms with E-state index in [1.807, 2.05) is 67.6 Å². The van der Waals surface area contributed by atoms with Crippen molar-refractivity contribution < 1.29 is 27.1 Å². The van der Waals surface area contributed by atoms with Crippen molar-refractivity contribution in [3.05, 3.63) is 132 Å². The van der Waals surface area contributed by atoms with Gasteiger partial charge in [0.2, 0.25) is 21.8 Å². The Labute approximate surface area is 270 Å². The number of nitrogens with one attached hydrogen (secondary N) is 1. The molecule has 0 saturated heterocycles. The van der Waals surface area contributed by atoms with Crippen LogP contribution in [-0.4, -0.2) is 50.5 Å². The third-order valence-electron chi connectivity index (χ3n) is 7.42. The summed E-state index contributed by atoms with van der Waals surface area (Å²) in [6.45, 7) is 2.22. The summed E-state index contributed by atoms with van der Waals surface area (Å²) in [5, 5.41) is 2.94. The minimum absolute atomic E-state index is 0.0261. The molecule has 1 N–H and O–H groups in total. The van der Waals surface area contributed by atoms with Gasteiger partial charge in [0.15, 0.2) is 0 Å². The molecule has 4 rings (SSSR count). The lowest BCUT2D eigenvalue weighted by molar-refractivity contribution is -0.140. The smallest absolute Gasteiger partial charge is 0.244 e. The summed E-state index contributed by atoms with van der Waals surface area (Å²) in [4.78, 5) is 29.2. The number of hydrogen-bond acceptors (Lipinski definition) is 5. The first-order chi connectivity index (χ1) is 22.1. The number of rotatable bonds is 16. The molecule has 0 heterocycles. The Balaban J connectivity index is 1.63. The van der Waals surface area contributed by atoms with Crippen LogP contribution in [0.3, 0.4) is 0 Å². The van der Waals surface area contributed by atoms with Crippen LogP contribution in [0.2, 0.25) is 0 Å². The van der Waals surface area contributed by atoms with Crippen LogP contribution in [0.4, 0.5) is 10.1 Å². The Morgan fingerprint density at radius 1 is 0.826 bits per heavy atom. The lowest BCUT2D eigenvalue weighted by atomic mass is 10.0. The molecule has 8 nitrogen and oxygen atoms in total. The third kappa shape index (κ3) is 10.2. The number of benzene rings is 4. The Morgan fingerprint density at radius 2 is 1.43 bits per heavy atom. The van der Waals surface area contributed by atoms with Crippen molar-refractivity contribution in [1.82, 2.24) is 10.2 Å². The van der Waals surface area contributed by atoms with Gasteiger partial charge >= 0.3 is 0 Å². The van der Waals surface area contributed by atoms with E-state index in [-0.39, 0.29) is 24.6 Å². The molecular formula is C36H40FN3O5S. The molecule has 0 fully saturated rings. The summed E-state index contributed by atoms with van der Waals surface area (Å²) in [7, 11) is -3.92. The first kappa shape index (κ1) is 34.2. The molecule has 0 saturated carbocycles. The number of halogens is 1. The molecule has 0 aliphatic carbocycles. The van der Waals surface area contributed by atoms with Crippen molar-refractivity contribution in [3.63, 3.8) is 0 Å². The molecule has 242 valence electrons. The predicted molar refractivity (Wildman–Crippen MR) is 178 cm³/mol. The Morgan fingerprint density at radius 3 is 2.02 bits per heavy atom. The highest BCUT2D eigenvalue weighted by Gasteiger charge is 2.33. The van der Waals surface area contributed by atoms with Gasteiger partial charge in [-0.1, -0.05) is 86.1 Å². The van der Waals surface area contributed by atoms with Crippen LogP contribution in [0, 0.1) is 5.82 Å². The van der Waals surface area contributed by atoms with Gasteiger partial charge in [0.1, 0.15) is 30.8 Å². The van der Waals surface area contributed by atoms with Gasteiger partial charge in [0.05, 0.1) is 11.9 Å². The summed E-state index contributed by atoms with van der Waals surface area (Å²) in [5.74, 6) is -0.819. The highest BCUT2D eigenvalue weighted by molar-refractivity contribution is 7.92. The van der Waals surface area contributed by atoms with Crippen molar-refractivity contribution in [1.29, 1.82) is 0 Å². The number of carbonyl (C=O) groups excluding carboxylic acids is 2. The second kappa shape index (κ2) is 16.6. The van der Waals surface area contributed by atoms with E-state index in [0.717, 1.165) is 34.5 Å². The molecule has 0 aromatic heterocycles. The van der Waals surface area contributed by atoms with E-state index in [1.54, 1.807) is 36.4 Å². The molecule has 1 atom stereocenters. The zero-order valence-corrected chi connectivity index (χ0v) is 27.0. The highest BCUT2D eigenvalue weighted by atomic mass is 32.2. The molecule has 46 heavy (non-hydrogen) atoms. The lowest BCUT2D eigenvalue weighted by Crippen LogP contribution is -2.53. The van der Waals surface area contributed by atoms with E-state index in [0.29, 0.717) is 24.5 Å². The van der Waals surface area contributed by atoms with Crippen LogP contribution in [0.1, 0.15) is 36.5 Å². The van der Waals surface area contributed by atoms with Crippen LogP contribution in [0.15, 0.2) is 109 Å². The molecule has 4 aromatic carbocycles.